The first kappa shape index (κ1) is 11.3. The summed E-state index contributed by atoms with van der Waals surface area (Å²) in [4.78, 5) is 0. The van der Waals surface area contributed by atoms with E-state index in [1.54, 1.807) is 0 Å². The number of anilines is 1. The SMILES string of the molecule is C/C(C[n+]1ccccc1)=N\Nc1ccccc1. The van der Waals surface area contributed by atoms with Crippen LogP contribution in [0.5, 0.6) is 0 Å². The smallest absolute Gasteiger partial charge is 0.188 e. The first-order valence-electron chi connectivity index (χ1n) is 5.63. The zero-order valence-corrected chi connectivity index (χ0v) is 9.88. The van der Waals surface area contributed by atoms with Crippen molar-refractivity contribution in [3.05, 3.63) is 60.9 Å². The second-order valence-corrected chi connectivity index (χ2v) is 3.87. The van der Waals surface area contributed by atoms with E-state index in [4.69, 9.17) is 0 Å². The maximum atomic E-state index is 4.34. The number of hydrazone groups is 1. The van der Waals surface area contributed by atoms with Crippen LogP contribution >= 0.6 is 0 Å². The van der Waals surface area contributed by atoms with Gasteiger partial charge in [0.1, 0.15) is 0 Å². The molecule has 3 nitrogen and oxygen atoms in total. The van der Waals surface area contributed by atoms with Gasteiger partial charge in [-0.2, -0.15) is 9.67 Å². The number of para-hydroxylation sites is 1. The van der Waals surface area contributed by atoms with E-state index < -0.39 is 0 Å². The van der Waals surface area contributed by atoms with Gasteiger partial charge in [-0.05, 0) is 19.1 Å². The largest absolute Gasteiger partial charge is 0.278 e. The summed E-state index contributed by atoms with van der Waals surface area (Å²) < 4.78 is 2.09. The van der Waals surface area contributed by atoms with Crippen LogP contribution in [-0.4, -0.2) is 5.71 Å². The van der Waals surface area contributed by atoms with Crippen molar-refractivity contribution in [2.45, 2.75) is 13.5 Å². The van der Waals surface area contributed by atoms with Crippen LogP contribution in [0.1, 0.15) is 6.92 Å². The van der Waals surface area contributed by atoms with Crippen LogP contribution in [0.2, 0.25) is 0 Å². The van der Waals surface area contributed by atoms with E-state index in [-0.39, 0.29) is 0 Å². The minimum atomic E-state index is 0.792. The molecule has 1 aromatic carbocycles. The van der Waals surface area contributed by atoms with Gasteiger partial charge >= 0.3 is 0 Å². The highest BCUT2D eigenvalue weighted by Gasteiger charge is 2.00. The molecule has 0 bridgehead atoms. The molecule has 2 aromatic rings. The number of nitrogens with one attached hydrogen (secondary N) is 1. The predicted molar refractivity (Wildman–Crippen MR) is 69.8 cm³/mol. The Balaban J connectivity index is 1.94. The fourth-order valence-corrected chi connectivity index (χ4v) is 1.51. The van der Waals surface area contributed by atoms with Gasteiger partial charge in [0.2, 0.25) is 0 Å². The maximum absolute atomic E-state index is 4.34. The van der Waals surface area contributed by atoms with Gasteiger partial charge in [0.25, 0.3) is 0 Å². The van der Waals surface area contributed by atoms with Crippen LogP contribution in [0, 0.1) is 0 Å². The van der Waals surface area contributed by atoms with Crippen LogP contribution in [0.25, 0.3) is 0 Å². The predicted octanol–water partition coefficient (Wildman–Crippen LogP) is 2.46. The standard InChI is InChI=1S/C14H16N3/c1-13(12-17-10-6-3-7-11-17)15-16-14-8-4-2-5-9-14/h2-11,16H,12H2,1H3/q+1/b15-13+. The Bertz CT molecular complexity index is 477. The number of aromatic nitrogens is 1. The minimum absolute atomic E-state index is 0.792. The van der Waals surface area contributed by atoms with Gasteiger partial charge in [-0.1, -0.05) is 24.3 Å². The van der Waals surface area contributed by atoms with Crippen LogP contribution < -0.4 is 9.99 Å². The van der Waals surface area contributed by atoms with Crippen molar-refractivity contribution in [2.24, 2.45) is 5.10 Å². The highest BCUT2D eigenvalue weighted by Crippen LogP contribution is 2.04. The highest BCUT2D eigenvalue weighted by atomic mass is 15.3. The summed E-state index contributed by atoms with van der Waals surface area (Å²) in [7, 11) is 0. The summed E-state index contributed by atoms with van der Waals surface area (Å²) in [5, 5.41) is 4.34. The topological polar surface area (TPSA) is 28.3 Å². The van der Waals surface area contributed by atoms with Gasteiger partial charge in [0.05, 0.1) is 11.4 Å². The molecule has 0 radical (unpaired) electrons. The molecule has 0 saturated carbocycles. The summed E-state index contributed by atoms with van der Waals surface area (Å²) in [5.74, 6) is 0. The van der Waals surface area contributed by atoms with Crippen molar-refractivity contribution >= 4 is 11.4 Å². The van der Waals surface area contributed by atoms with Gasteiger partial charge in [-0.3, -0.25) is 5.43 Å². The molecule has 0 aliphatic rings. The third-order valence-corrected chi connectivity index (χ3v) is 2.34. The second kappa shape index (κ2) is 5.80. The fourth-order valence-electron chi connectivity index (χ4n) is 1.51. The third kappa shape index (κ3) is 3.72. The van der Waals surface area contributed by atoms with Crippen molar-refractivity contribution in [3.63, 3.8) is 0 Å². The Kier molecular flexibility index (Phi) is 3.86. The Morgan fingerprint density at radius 1 is 1.06 bits per heavy atom. The molecule has 1 aromatic heterocycles. The number of hydrogen-bond acceptors (Lipinski definition) is 2. The lowest BCUT2D eigenvalue weighted by Gasteiger charge is -2.00. The van der Waals surface area contributed by atoms with Crippen molar-refractivity contribution < 1.29 is 4.57 Å². The van der Waals surface area contributed by atoms with Gasteiger partial charge in [0.15, 0.2) is 18.9 Å². The second-order valence-electron chi connectivity index (χ2n) is 3.87. The number of nitrogens with zero attached hydrogens (tertiary/aromatic N) is 2. The van der Waals surface area contributed by atoms with Crippen LogP contribution in [0.3, 0.4) is 0 Å². The monoisotopic (exact) mass is 226 g/mol. The molecule has 0 atom stereocenters. The van der Waals surface area contributed by atoms with E-state index in [9.17, 15) is 0 Å². The van der Waals surface area contributed by atoms with Crippen LogP contribution in [0.15, 0.2) is 66.0 Å². The Labute approximate surface area is 101 Å². The van der Waals surface area contributed by atoms with Crippen molar-refractivity contribution in [1.82, 2.24) is 0 Å². The van der Waals surface area contributed by atoms with E-state index in [2.05, 4.69) is 15.1 Å². The molecular weight excluding hydrogens is 210 g/mol. The number of benzene rings is 1. The van der Waals surface area contributed by atoms with E-state index in [0.717, 1.165) is 17.9 Å². The summed E-state index contributed by atoms with van der Waals surface area (Å²) in [5.41, 5.74) is 5.08. The molecule has 1 N–H and O–H groups in total. The summed E-state index contributed by atoms with van der Waals surface area (Å²) >= 11 is 0. The van der Waals surface area contributed by atoms with Crippen molar-refractivity contribution in [1.29, 1.82) is 0 Å². The molecule has 0 aliphatic carbocycles. The molecule has 0 unspecified atom stereocenters. The van der Waals surface area contributed by atoms with Gasteiger partial charge < -0.3 is 0 Å². The van der Waals surface area contributed by atoms with Crippen molar-refractivity contribution in [3.8, 4) is 0 Å². The lowest BCUT2D eigenvalue weighted by Crippen LogP contribution is -2.36. The van der Waals surface area contributed by atoms with E-state index in [1.165, 1.54) is 0 Å². The minimum Gasteiger partial charge on any atom is -0.278 e. The Hall–Kier alpha value is -2.16. The van der Waals surface area contributed by atoms with Crippen LogP contribution in [0.4, 0.5) is 5.69 Å². The molecule has 0 amide bonds. The third-order valence-electron chi connectivity index (χ3n) is 2.34. The van der Waals surface area contributed by atoms with E-state index in [1.807, 2.05) is 67.8 Å². The summed E-state index contributed by atoms with van der Waals surface area (Å²) in [6, 6.07) is 16.0. The molecule has 17 heavy (non-hydrogen) atoms. The molecule has 0 spiro atoms. The Morgan fingerprint density at radius 2 is 1.71 bits per heavy atom. The lowest BCUT2D eigenvalue weighted by atomic mass is 10.3. The average Bonchev–Trinajstić information content (AvgIpc) is 2.39. The van der Waals surface area contributed by atoms with E-state index >= 15 is 0 Å². The first-order valence-corrected chi connectivity index (χ1v) is 5.63. The van der Waals surface area contributed by atoms with Crippen LogP contribution in [-0.2, 0) is 6.54 Å². The number of rotatable bonds is 4. The molecular formula is C14H16N3+. The molecule has 1 heterocycles. The zero-order chi connectivity index (χ0) is 11.9. The quantitative estimate of drug-likeness (QED) is 0.484. The van der Waals surface area contributed by atoms with Gasteiger partial charge in [0, 0.05) is 12.1 Å². The highest BCUT2D eigenvalue weighted by molar-refractivity contribution is 5.81. The van der Waals surface area contributed by atoms with Gasteiger partial charge in [-0.15, -0.1) is 0 Å². The molecule has 0 saturated heterocycles. The lowest BCUT2D eigenvalue weighted by molar-refractivity contribution is -0.682. The number of hydrogen-bond donors (Lipinski definition) is 1. The Morgan fingerprint density at radius 3 is 2.41 bits per heavy atom. The molecule has 0 fully saturated rings. The average molecular weight is 226 g/mol. The molecule has 86 valence electrons. The van der Waals surface area contributed by atoms with Crippen molar-refractivity contribution in [2.75, 3.05) is 5.43 Å². The summed E-state index contributed by atoms with van der Waals surface area (Å²) in [6.45, 7) is 2.80. The normalized spacial score (nSPS) is 11.2. The maximum Gasteiger partial charge on any atom is 0.188 e. The molecule has 2 rings (SSSR count). The van der Waals surface area contributed by atoms with E-state index in [0.29, 0.717) is 0 Å². The fraction of sp³-hybridized carbons (Fsp3) is 0.143. The molecule has 0 aliphatic heterocycles. The molecule has 3 heteroatoms. The summed E-state index contributed by atoms with van der Waals surface area (Å²) in [6.07, 6.45) is 4.06. The first-order chi connectivity index (χ1) is 8.34. The number of pyridine rings is 1. The zero-order valence-electron chi connectivity index (χ0n) is 9.88. The van der Waals surface area contributed by atoms with Gasteiger partial charge in [-0.25, -0.2) is 0 Å².